The van der Waals surface area contributed by atoms with Gasteiger partial charge in [-0.15, -0.1) is 0 Å². The van der Waals surface area contributed by atoms with Gasteiger partial charge in [-0.1, -0.05) is 44.2 Å². The first-order chi connectivity index (χ1) is 22.3. The van der Waals surface area contributed by atoms with Gasteiger partial charge in [0.15, 0.2) is 11.4 Å². The van der Waals surface area contributed by atoms with E-state index < -0.39 is 45.1 Å². The molecule has 11 nitrogen and oxygen atoms in total. The van der Waals surface area contributed by atoms with Gasteiger partial charge in [0.1, 0.15) is 23.0 Å². The molecule has 0 bridgehead atoms. The van der Waals surface area contributed by atoms with Crippen LogP contribution in [0.1, 0.15) is 64.6 Å². The summed E-state index contributed by atoms with van der Waals surface area (Å²) < 4.78 is 50.9. The van der Waals surface area contributed by atoms with Crippen LogP contribution in [0, 0.1) is 12.8 Å². The summed E-state index contributed by atoms with van der Waals surface area (Å²) in [4.78, 5) is 38.1. The van der Waals surface area contributed by atoms with E-state index in [1.165, 1.54) is 19.2 Å². The number of anilines is 1. The smallest absolute Gasteiger partial charge is 0.349 e. The Morgan fingerprint density at radius 1 is 0.854 bits per heavy atom. The number of rotatable bonds is 11. The molecule has 0 saturated carbocycles. The molecule has 0 fully saturated rings. The minimum Gasteiger partial charge on any atom is -0.475 e. The summed E-state index contributed by atoms with van der Waals surface area (Å²) in [7, 11) is -2.73. The summed E-state index contributed by atoms with van der Waals surface area (Å²) >= 11 is 0. The first-order valence-electron chi connectivity index (χ1n) is 15.4. The van der Waals surface area contributed by atoms with Gasteiger partial charge in [0.05, 0.1) is 17.4 Å². The SMILES string of the molecule is COC(=O)C(C)(C)Oc1cccc2oc(C(=O)Nc3ccc(-c4ccc(S(=O)(=O)N[C@H](C(=O)OC(C)(C)C)C(C)C)cc4)cc3)c(C)c12. The molecular formula is C36H42N2O9S. The fourth-order valence-corrected chi connectivity index (χ4v) is 6.28. The average molecular weight is 679 g/mol. The van der Waals surface area contributed by atoms with Crippen molar-refractivity contribution in [3.05, 3.63) is 78.1 Å². The Kier molecular flexibility index (Phi) is 10.4. The molecular weight excluding hydrogens is 636 g/mol. The van der Waals surface area contributed by atoms with E-state index in [9.17, 15) is 22.8 Å². The van der Waals surface area contributed by atoms with Crippen molar-refractivity contribution in [1.29, 1.82) is 0 Å². The Balaban J connectivity index is 1.48. The van der Waals surface area contributed by atoms with Crippen LogP contribution in [0.2, 0.25) is 0 Å². The Morgan fingerprint density at radius 3 is 1.98 bits per heavy atom. The number of amides is 1. The van der Waals surface area contributed by atoms with Crippen molar-refractivity contribution in [3.63, 3.8) is 0 Å². The molecule has 48 heavy (non-hydrogen) atoms. The van der Waals surface area contributed by atoms with Crippen molar-refractivity contribution in [3.8, 4) is 16.9 Å². The number of sulfonamides is 1. The molecule has 0 radical (unpaired) electrons. The highest BCUT2D eigenvalue weighted by Crippen LogP contribution is 2.35. The van der Waals surface area contributed by atoms with Crippen molar-refractivity contribution in [2.45, 2.75) is 77.5 Å². The number of carbonyl (C=O) groups excluding carboxylic acids is 3. The van der Waals surface area contributed by atoms with Gasteiger partial charge in [-0.05, 0) is 95.0 Å². The standard InChI is InChI=1S/C36H42N2O9S/c1-21(2)30(33(40)47-35(4,5)6)38-48(42,43)26-19-15-24(16-20-26)23-13-17-25(18-14-23)37-32(39)31-22(3)29-27(45-31)11-10-12-28(29)46-36(7,8)34(41)44-9/h10-21,30,38H,1-9H3,(H,37,39)/t30-/m0/s1. The molecule has 4 aromatic rings. The number of hydrogen-bond acceptors (Lipinski definition) is 9. The Hall–Kier alpha value is -4.68. The van der Waals surface area contributed by atoms with Crippen LogP contribution in [-0.2, 0) is 29.1 Å². The summed E-state index contributed by atoms with van der Waals surface area (Å²) in [6.07, 6.45) is 0. The molecule has 0 aliphatic carbocycles. The maximum atomic E-state index is 13.3. The lowest BCUT2D eigenvalue weighted by Gasteiger charge is -2.26. The zero-order valence-electron chi connectivity index (χ0n) is 28.6. The molecule has 0 aliphatic rings. The molecule has 1 atom stereocenters. The van der Waals surface area contributed by atoms with Gasteiger partial charge in [0.25, 0.3) is 5.91 Å². The molecule has 1 heterocycles. The molecule has 1 amide bonds. The quantitative estimate of drug-likeness (QED) is 0.167. The summed E-state index contributed by atoms with van der Waals surface area (Å²) in [5.74, 6) is -1.51. The maximum absolute atomic E-state index is 13.3. The second kappa shape index (κ2) is 13.8. The van der Waals surface area contributed by atoms with Crippen LogP contribution in [0.25, 0.3) is 22.1 Å². The number of hydrogen-bond donors (Lipinski definition) is 2. The third-order valence-electron chi connectivity index (χ3n) is 7.41. The number of aryl methyl sites for hydroxylation is 1. The predicted molar refractivity (Wildman–Crippen MR) is 182 cm³/mol. The van der Waals surface area contributed by atoms with Crippen LogP contribution in [0.15, 0.2) is 76.0 Å². The number of benzene rings is 3. The number of esters is 2. The molecule has 0 aliphatic heterocycles. The maximum Gasteiger partial charge on any atom is 0.349 e. The predicted octanol–water partition coefficient (Wildman–Crippen LogP) is 6.64. The van der Waals surface area contributed by atoms with Crippen LogP contribution < -0.4 is 14.8 Å². The van der Waals surface area contributed by atoms with Gasteiger partial charge in [-0.25, -0.2) is 13.2 Å². The highest BCUT2D eigenvalue weighted by atomic mass is 32.2. The topological polar surface area (TPSA) is 150 Å². The van der Waals surface area contributed by atoms with Gasteiger partial charge in [0, 0.05) is 11.3 Å². The zero-order chi connectivity index (χ0) is 35.6. The number of methoxy groups -OCH3 is 1. The van der Waals surface area contributed by atoms with Crippen molar-refractivity contribution in [1.82, 2.24) is 4.72 Å². The molecule has 2 N–H and O–H groups in total. The minimum atomic E-state index is -4.02. The van der Waals surface area contributed by atoms with Crippen LogP contribution in [0.4, 0.5) is 5.69 Å². The van der Waals surface area contributed by atoms with Gasteiger partial charge >= 0.3 is 11.9 Å². The van der Waals surface area contributed by atoms with Gasteiger partial charge in [-0.3, -0.25) is 9.59 Å². The Bertz CT molecular complexity index is 1920. The number of fused-ring (bicyclic) bond motifs is 1. The number of furan rings is 1. The first-order valence-corrected chi connectivity index (χ1v) is 16.9. The lowest BCUT2D eigenvalue weighted by Crippen LogP contribution is -2.47. The summed E-state index contributed by atoms with van der Waals surface area (Å²) in [5.41, 5.74) is 0.997. The van der Waals surface area contributed by atoms with E-state index in [4.69, 9.17) is 18.6 Å². The van der Waals surface area contributed by atoms with Crippen LogP contribution in [-0.4, -0.2) is 50.6 Å². The van der Waals surface area contributed by atoms with E-state index in [0.29, 0.717) is 28.0 Å². The third kappa shape index (κ3) is 8.23. The van der Waals surface area contributed by atoms with E-state index in [1.54, 1.807) is 110 Å². The molecule has 0 spiro atoms. The summed E-state index contributed by atoms with van der Waals surface area (Å²) in [6, 6.07) is 17.4. The number of nitrogens with one attached hydrogen (secondary N) is 2. The van der Waals surface area contributed by atoms with E-state index in [0.717, 1.165) is 11.1 Å². The largest absolute Gasteiger partial charge is 0.475 e. The van der Waals surface area contributed by atoms with E-state index in [1.807, 2.05) is 0 Å². The van der Waals surface area contributed by atoms with Crippen molar-refractivity contribution < 1.29 is 41.4 Å². The fraction of sp³-hybridized carbons (Fsp3) is 0.361. The molecule has 12 heteroatoms. The lowest BCUT2D eigenvalue weighted by atomic mass is 10.1. The van der Waals surface area contributed by atoms with Crippen LogP contribution in [0.3, 0.4) is 0 Å². The van der Waals surface area contributed by atoms with Crippen LogP contribution in [0.5, 0.6) is 5.75 Å². The average Bonchev–Trinajstić information content (AvgIpc) is 3.36. The normalized spacial score (nSPS) is 12.9. The first kappa shape index (κ1) is 36.2. The van der Waals surface area contributed by atoms with Gasteiger partial charge in [-0.2, -0.15) is 4.72 Å². The lowest BCUT2D eigenvalue weighted by molar-refractivity contribution is -0.158. The van der Waals surface area contributed by atoms with Crippen molar-refractivity contribution in [2.75, 3.05) is 12.4 Å². The second-order valence-corrected chi connectivity index (χ2v) is 14.9. The Morgan fingerprint density at radius 2 is 1.44 bits per heavy atom. The zero-order valence-corrected chi connectivity index (χ0v) is 29.4. The minimum absolute atomic E-state index is 0.00737. The molecule has 0 unspecified atom stereocenters. The number of carbonyl (C=O) groups is 3. The fourth-order valence-electron chi connectivity index (χ4n) is 4.95. The molecule has 4 rings (SSSR count). The van der Waals surface area contributed by atoms with E-state index in [2.05, 4.69) is 10.0 Å². The molecule has 256 valence electrons. The molecule has 3 aromatic carbocycles. The third-order valence-corrected chi connectivity index (χ3v) is 8.87. The highest BCUT2D eigenvalue weighted by Gasteiger charge is 2.33. The monoisotopic (exact) mass is 678 g/mol. The summed E-state index contributed by atoms with van der Waals surface area (Å²) in [6.45, 7) is 13.6. The molecule has 1 aromatic heterocycles. The molecule has 0 saturated heterocycles. The highest BCUT2D eigenvalue weighted by molar-refractivity contribution is 7.89. The van der Waals surface area contributed by atoms with Crippen LogP contribution >= 0.6 is 0 Å². The van der Waals surface area contributed by atoms with Crippen molar-refractivity contribution >= 4 is 44.5 Å². The number of ether oxygens (including phenoxy) is 3. The Labute approximate surface area is 281 Å². The summed E-state index contributed by atoms with van der Waals surface area (Å²) in [5, 5.41) is 3.41. The van der Waals surface area contributed by atoms with Crippen molar-refractivity contribution in [2.24, 2.45) is 5.92 Å². The van der Waals surface area contributed by atoms with E-state index in [-0.39, 0.29) is 16.6 Å². The van der Waals surface area contributed by atoms with Gasteiger partial charge < -0.3 is 23.9 Å². The second-order valence-electron chi connectivity index (χ2n) is 13.2. The van der Waals surface area contributed by atoms with Gasteiger partial charge in [0.2, 0.25) is 10.0 Å². The van der Waals surface area contributed by atoms with E-state index >= 15 is 0 Å².